The number of alkyl halides is 6. The summed E-state index contributed by atoms with van der Waals surface area (Å²) in [5.74, 6) is -0.578. The van der Waals surface area contributed by atoms with Gasteiger partial charge in [-0.25, -0.2) is 0 Å². The molecule has 0 atom stereocenters. The third kappa shape index (κ3) is 4.33. The molecule has 2 aromatic carbocycles. The Bertz CT molecular complexity index is 1250. The van der Waals surface area contributed by atoms with E-state index in [1.165, 1.54) is 30.3 Å². The zero-order chi connectivity index (χ0) is 24.1. The van der Waals surface area contributed by atoms with Gasteiger partial charge in [-0.3, -0.25) is 0 Å². The fourth-order valence-electron chi connectivity index (χ4n) is 4.83. The number of benzene rings is 2. The summed E-state index contributed by atoms with van der Waals surface area (Å²) in [7, 11) is 0. The highest BCUT2D eigenvalue weighted by atomic mass is 19.4. The van der Waals surface area contributed by atoms with Crippen molar-refractivity contribution in [3.05, 3.63) is 53.7 Å². The summed E-state index contributed by atoms with van der Waals surface area (Å²) in [6.45, 7) is 0. The zero-order valence-corrected chi connectivity index (χ0v) is 17.8. The normalized spacial score (nSPS) is 18.2. The summed E-state index contributed by atoms with van der Waals surface area (Å²) in [5, 5.41) is 4.37. The van der Waals surface area contributed by atoms with E-state index < -0.39 is 29.5 Å². The average Bonchev–Trinajstić information content (AvgIpc) is 3.36. The van der Waals surface area contributed by atoms with Crippen LogP contribution in [0.2, 0.25) is 0 Å². The molecule has 1 fully saturated rings. The minimum Gasteiger partial charge on any atom is -0.405 e. The lowest BCUT2D eigenvalue weighted by Gasteiger charge is -2.30. The fourth-order valence-corrected chi connectivity index (χ4v) is 4.83. The first-order valence-electron chi connectivity index (χ1n) is 10.9. The smallest absolute Gasteiger partial charge is 0.405 e. The number of aromatic amines is 1. The van der Waals surface area contributed by atoms with E-state index in [1.807, 2.05) is 0 Å². The number of para-hydroxylation sites is 1. The van der Waals surface area contributed by atoms with Crippen molar-refractivity contribution in [3.8, 4) is 16.9 Å². The first kappa shape index (κ1) is 22.6. The van der Waals surface area contributed by atoms with Gasteiger partial charge in [0.15, 0.2) is 0 Å². The van der Waals surface area contributed by atoms with E-state index in [2.05, 4.69) is 14.9 Å². The summed E-state index contributed by atoms with van der Waals surface area (Å²) >= 11 is 0. The molecule has 1 aliphatic heterocycles. The Morgan fingerprint density at radius 3 is 2.38 bits per heavy atom. The summed E-state index contributed by atoms with van der Waals surface area (Å²) in [6, 6.07) is 8.89. The van der Waals surface area contributed by atoms with Crippen LogP contribution in [-0.4, -0.2) is 22.7 Å². The third-order valence-corrected chi connectivity index (χ3v) is 6.37. The van der Waals surface area contributed by atoms with Gasteiger partial charge in [0.05, 0.1) is 16.8 Å². The highest BCUT2D eigenvalue weighted by Crippen LogP contribution is 2.43. The van der Waals surface area contributed by atoms with Crippen LogP contribution in [0.15, 0.2) is 47.6 Å². The van der Waals surface area contributed by atoms with Crippen molar-refractivity contribution in [2.24, 2.45) is 5.16 Å². The molecule has 1 spiro atoms. The number of nitrogens with one attached hydrogen (secondary N) is 1. The quantitative estimate of drug-likeness (QED) is 0.391. The van der Waals surface area contributed by atoms with Crippen LogP contribution in [0.5, 0.6) is 5.75 Å². The maximum atomic E-state index is 14.0. The molecular weight excluding hydrogens is 462 g/mol. The van der Waals surface area contributed by atoms with Crippen molar-refractivity contribution < 1.29 is 35.9 Å². The third-order valence-electron chi connectivity index (χ3n) is 6.37. The van der Waals surface area contributed by atoms with Crippen molar-refractivity contribution in [1.82, 2.24) is 4.98 Å². The van der Waals surface area contributed by atoms with Crippen molar-refractivity contribution in [2.75, 3.05) is 0 Å². The Morgan fingerprint density at radius 2 is 1.68 bits per heavy atom. The van der Waals surface area contributed by atoms with E-state index in [-0.39, 0.29) is 22.0 Å². The van der Waals surface area contributed by atoms with Gasteiger partial charge in [-0.05, 0) is 55.5 Å². The van der Waals surface area contributed by atoms with Crippen molar-refractivity contribution >= 4 is 16.6 Å². The van der Waals surface area contributed by atoms with Gasteiger partial charge < -0.3 is 14.6 Å². The molecule has 1 aliphatic carbocycles. The van der Waals surface area contributed by atoms with Crippen LogP contribution in [0.1, 0.15) is 49.8 Å². The molecular formula is C24H20F6N2O2. The minimum absolute atomic E-state index is 0.0430. The molecule has 0 radical (unpaired) electrons. The Hall–Kier alpha value is -3.17. The molecule has 1 aromatic heterocycles. The van der Waals surface area contributed by atoms with Crippen molar-refractivity contribution in [3.63, 3.8) is 0 Å². The number of rotatable bonds is 3. The van der Waals surface area contributed by atoms with Crippen molar-refractivity contribution in [2.45, 2.75) is 56.7 Å². The van der Waals surface area contributed by atoms with Crippen LogP contribution < -0.4 is 4.74 Å². The molecule has 0 bridgehead atoms. The van der Waals surface area contributed by atoms with Crippen LogP contribution >= 0.6 is 0 Å². The highest BCUT2D eigenvalue weighted by Gasteiger charge is 2.41. The predicted molar refractivity (Wildman–Crippen MR) is 113 cm³/mol. The maximum Gasteiger partial charge on any atom is 0.573 e. The molecule has 2 heterocycles. The number of ether oxygens (including phenoxy) is 1. The van der Waals surface area contributed by atoms with E-state index in [9.17, 15) is 26.3 Å². The molecule has 4 nitrogen and oxygen atoms in total. The SMILES string of the molecule is FC(F)(F)Oc1ccccc1-c1cc(C(F)(F)F)c2[nH]c(C3=NOC4(CCCCC4)C3)cc2c1. The van der Waals surface area contributed by atoms with Gasteiger partial charge >= 0.3 is 12.5 Å². The number of hydrogen-bond acceptors (Lipinski definition) is 3. The summed E-state index contributed by atoms with van der Waals surface area (Å²) < 4.78 is 84.5. The summed E-state index contributed by atoms with van der Waals surface area (Å²) in [5.41, 5.74) is -0.756. The van der Waals surface area contributed by atoms with E-state index in [1.54, 1.807) is 0 Å². The number of oxime groups is 1. The zero-order valence-electron chi connectivity index (χ0n) is 17.8. The van der Waals surface area contributed by atoms with Crippen LogP contribution in [0.25, 0.3) is 22.0 Å². The Labute approximate surface area is 190 Å². The number of hydrogen-bond donors (Lipinski definition) is 1. The van der Waals surface area contributed by atoms with E-state index in [4.69, 9.17) is 4.84 Å². The second-order valence-corrected chi connectivity index (χ2v) is 8.76. The van der Waals surface area contributed by atoms with Gasteiger partial charge in [0, 0.05) is 17.4 Å². The van der Waals surface area contributed by atoms with Gasteiger partial charge in [0.25, 0.3) is 0 Å². The Balaban J connectivity index is 1.58. The van der Waals surface area contributed by atoms with Gasteiger partial charge in [0.2, 0.25) is 0 Å². The van der Waals surface area contributed by atoms with Gasteiger partial charge in [-0.15, -0.1) is 13.2 Å². The van der Waals surface area contributed by atoms with Crippen LogP contribution in [-0.2, 0) is 11.0 Å². The molecule has 0 amide bonds. The van der Waals surface area contributed by atoms with Crippen molar-refractivity contribution in [1.29, 1.82) is 0 Å². The topological polar surface area (TPSA) is 46.6 Å². The lowest BCUT2D eigenvalue weighted by atomic mass is 9.81. The predicted octanol–water partition coefficient (Wildman–Crippen LogP) is 7.58. The molecule has 10 heteroatoms. The Kier molecular flexibility index (Phi) is 5.29. The number of aromatic nitrogens is 1. The van der Waals surface area contributed by atoms with Crippen LogP contribution in [0, 0.1) is 0 Å². The number of nitrogens with zero attached hydrogens (tertiary/aromatic N) is 1. The lowest BCUT2D eigenvalue weighted by molar-refractivity contribution is -0.274. The van der Waals surface area contributed by atoms with Gasteiger partial charge in [0.1, 0.15) is 17.1 Å². The standard InChI is InChI=1S/C24H20F6N2O2/c25-23(26,27)17-11-14(16-6-2-3-7-20(16)33-24(28,29)30)10-15-12-18(31-21(15)17)19-13-22(34-32-19)8-4-1-5-9-22/h2-3,6-7,10-12,31H,1,4-5,8-9,13H2. The van der Waals surface area contributed by atoms with E-state index >= 15 is 0 Å². The van der Waals surface area contributed by atoms with Crippen LogP contribution in [0.4, 0.5) is 26.3 Å². The largest absolute Gasteiger partial charge is 0.573 e. The van der Waals surface area contributed by atoms with E-state index in [0.717, 1.165) is 44.2 Å². The molecule has 2 aliphatic rings. The summed E-state index contributed by atoms with van der Waals surface area (Å²) in [6.07, 6.45) is -4.41. The average molecular weight is 482 g/mol. The molecule has 1 saturated carbocycles. The molecule has 0 unspecified atom stereocenters. The highest BCUT2D eigenvalue weighted by molar-refractivity contribution is 6.05. The van der Waals surface area contributed by atoms with Gasteiger partial charge in [-0.2, -0.15) is 13.2 Å². The first-order chi connectivity index (χ1) is 16.0. The molecule has 0 saturated heterocycles. The fraction of sp³-hybridized carbons (Fsp3) is 0.375. The van der Waals surface area contributed by atoms with E-state index in [0.29, 0.717) is 17.8 Å². The second-order valence-electron chi connectivity index (χ2n) is 8.76. The van der Waals surface area contributed by atoms with Gasteiger partial charge in [-0.1, -0.05) is 29.8 Å². The number of H-pyrrole nitrogens is 1. The minimum atomic E-state index is -4.98. The molecule has 3 aromatic rings. The number of halogens is 6. The number of fused-ring (bicyclic) bond motifs is 1. The Morgan fingerprint density at radius 1 is 0.941 bits per heavy atom. The molecule has 34 heavy (non-hydrogen) atoms. The molecule has 5 rings (SSSR count). The van der Waals surface area contributed by atoms with Crippen LogP contribution in [0.3, 0.4) is 0 Å². The monoisotopic (exact) mass is 482 g/mol. The second kappa shape index (κ2) is 7.95. The summed E-state index contributed by atoms with van der Waals surface area (Å²) in [4.78, 5) is 8.54. The lowest BCUT2D eigenvalue weighted by Crippen LogP contribution is -2.31. The first-order valence-corrected chi connectivity index (χ1v) is 10.9. The molecule has 1 N–H and O–H groups in total. The molecule has 180 valence electrons. The maximum absolute atomic E-state index is 14.0.